The van der Waals surface area contributed by atoms with E-state index in [1.807, 2.05) is 20.8 Å². The molecule has 0 amide bonds. The lowest BCUT2D eigenvalue weighted by atomic mass is 10.2. The fourth-order valence-electron chi connectivity index (χ4n) is 2.15. The van der Waals surface area contributed by atoms with Gasteiger partial charge in [-0.05, 0) is 6.92 Å². The summed E-state index contributed by atoms with van der Waals surface area (Å²) in [7, 11) is 0. The molecule has 7 heteroatoms. The summed E-state index contributed by atoms with van der Waals surface area (Å²) in [6.45, 7) is 8.77. The Morgan fingerprint density at radius 1 is 1.55 bits per heavy atom. The van der Waals surface area contributed by atoms with Crippen LogP contribution in [-0.4, -0.2) is 60.1 Å². The molecule has 1 aliphatic rings. The first-order chi connectivity index (χ1) is 10.6. The van der Waals surface area contributed by atoms with Gasteiger partial charge in [-0.25, -0.2) is 9.97 Å². The van der Waals surface area contributed by atoms with Gasteiger partial charge in [0.1, 0.15) is 24.5 Å². The Kier molecular flexibility index (Phi) is 6.50. The molecule has 0 aliphatic carbocycles. The van der Waals surface area contributed by atoms with Gasteiger partial charge < -0.3 is 25.2 Å². The van der Waals surface area contributed by atoms with Gasteiger partial charge in [0.15, 0.2) is 0 Å². The highest BCUT2D eigenvalue weighted by Gasteiger charge is 2.23. The maximum Gasteiger partial charge on any atom is 0.238 e. The lowest BCUT2D eigenvalue weighted by Gasteiger charge is -2.24. The highest BCUT2D eigenvalue weighted by atomic mass is 16.5. The third-order valence-corrected chi connectivity index (χ3v) is 3.29. The van der Waals surface area contributed by atoms with Crippen LogP contribution in [-0.2, 0) is 4.74 Å². The standard InChI is InChI=1S/C15H26N4O3/c1-10(2)17-7-12(20)9-22-15-14(19-11(3)6-18-15)13-8-16-4-5-21-13/h6,10,12-13,16-17,20H,4-5,7-9H2,1-3H3. The second-order valence-corrected chi connectivity index (χ2v) is 5.79. The number of aryl methyl sites for hydroxylation is 1. The van der Waals surface area contributed by atoms with Crippen LogP contribution in [0.15, 0.2) is 6.20 Å². The zero-order chi connectivity index (χ0) is 15.9. The molecule has 22 heavy (non-hydrogen) atoms. The maximum atomic E-state index is 9.94. The molecule has 1 fully saturated rings. The van der Waals surface area contributed by atoms with Crippen molar-refractivity contribution >= 4 is 0 Å². The molecule has 124 valence electrons. The van der Waals surface area contributed by atoms with Crippen LogP contribution in [0.3, 0.4) is 0 Å². The van der Waals surface area contributed by atoms with Crippen LogP contribution in [0.1, 0.15) is 31.3 Å². The molecular weight excluding hydrogens is 284 g/mol. The molecule has 2 unspecified atom stereocenters. The van der Waals surface area contributed by atoms with E-state index in [1.165, 1.54) is 0 Å². The van der Waals surface area contributed by atoms with Gasteiger partial charge in [-0.15, -0.1) is 0 Å². The van der Waals surface area contributed by atoms with Crippen molar-refractivity contribution < 1.29 is 14.6 Å². The predicted octanol–water partition coefficient (Wildman–Crippen LogP) is 0.184. The molecule has 2 rings (SSSR count). The summed E-state index contributed by atoms with van der Waals surface area (Å²) in [5.41, 5.74) is 1.51. The van der Waals surface area contributed by atoms with E-state index in [2.05, 4.69) is 20.6 Å². The van der Waals surface area contributed by atoms with E-state index in [4.69, 9.17) is 9.47 Å². The minimum absolute atomic E-state index is 0.165. The first-order valence-electron chi connectivity index (χ1n) is 7.76. The first kappa shape index (κ1) is 17.1. The average molecular weight is 310 g/mol. The Balaban J connectivity index is 1.97. The van der Waals surface area contributed by atoms with Gasteiger partial charge in [0.2, 0.25) is 5.88 Å². The lowest BCUT2D eigenvalue weighted by Crippen LogP contribution is -2.36. The highest BCUT2D eigenvalue weighted by Crippen LogP contribution is 2.25. The zero-order valence-corrected chi connectivity index (χ0v) is 13.5. The van der Waals surface area contributed by atoms with E-state index < -0.39 is 6.10 Å². The van der Waals surface area contributed by atoms with Gasteiger partial charge in [0.05, 0.1) is 18.5 Å². The second-order valence-electron chi connectivity index (χ2n) is 5.79. The summed E-state index contributed by atoms with van der Waals surface area (Å²) in [6.07, 6.45) is 0.902. The minimum atomic E-state index is -0.594. The number of morpholine rings is 1. The number of rotatable bonds is 7. The molecule has 3 N–H and O–H groups in total. The largest absolute Gasteiger partial charge is 0.473 e. The predicted molar refractivity (Wildman–Crippen MR) is 83.0 cm³/mol. The summed E-state index contributed by atoms with van der Waals surface area (Å²) >= 11 is 0. The number of aliphatic hydroxyl groups is 1. The van der Waals surface area contributed by atoms with Gasteiger partial charge in [-0.2, -0.15) is 0 Å². The minimum Gasteiger partial charge on any atom is -0.473 e. The quantitative estimate of drug-likeness (QED) is 0.662. The van der Waals surface area contributed by atoms with Crippen molar-refractivity contribution in [3.8, 4) is 5.88 Å². The monoisotopic (exact) mass is 310 g/mol. The van der Waals surface area contributed by atoms with Crippen molar-refractivity contribution in [2.75, 3.05) is 32.8 Å². The number of nitrogens with zero attached hydrogens (tertiary/aromatic N) is 2. The summed E-state index contributed by atoms with van der Waals surface area (Å²) < 4.78 is 11.4. The van der Waals surface area contributed by atoms with Crippen LogP contribution in [0, 0.1) is 6.92 Å². The molecule has 0 spiro atoms. The smallest absolute Gasteiger partial charge is 0.238 e. The number of aromatic nitrogens is 2. The molecule has 1 aliphatic heterocycles. The van der Waals surface area contributed by atoms with Crippen molar-refractivity contribution in [3.05, 3.63) is 17.6 Å². The van der Waals surface area contributed by atoms with Crippen molar-refractivity contribution in [2.24, 2.45) is 0 Å². The van der Waals surface area contributed by atoms with Crippen LogP contribution in [0.25, 0.3) is 0 Å². The topological polar surface area (TPSA) is 88.5 Å². The number of hydrogen-bond acceptors (Lipinski definition) is 7. The fourth-order valence-corrected chi connectivity index (χ4v) is 2.15. The third kappa shape index (κ3) is 5.17. The summed E-state index contributed by atoms with van der Waals surface area (Å²) in [6, 6.07) is 0.325. The second kappa shape index (κ2) is 8.38. The maximum absolute atomic E-state index is 9.94. The molecule has 2 atom stereocenters. The summed E-state index contributed by atoms with van der Waals surface area (Å²) in [4.78, 5) is 8.80. The SMILES string of the molecule is Cc1cnc(OCC(O)CNC(C)C)c(C2CNCCO2)n1. The molecule has 7 nitrogen and oxygen atoms in total. The lowest BCUT2D eigenvalue weighted by molar-refractivity contribution is 0.0210. The Labute approximate surface area is 131 Å². The molecule has 1 aromatic rings. The van der Waals surface area contributed by atoms with E-state index in [-0.39, 0.29) is 12.7 Å². The van der Waals surface area contributed by atoms with Crippen molar-refractivity contribution in [1.82, 2.24) is 20.6 Å². The average Bonchev–Trinajstić information content (AvgIpc) is 2.52. The number of hydrogen-bond donors (Lipinski definition) is 3. The van der Waals surface area contributed by atoms with E-state index in [9.17, 15) is 5.11 Å². The normalized spacial score (nSPS) is 20.1. The highest BCUT2D eigenvalue weighted by molar-refractivity contribution is 5.23. The van der Waals surface area contributed by atoms with Crippen LogP contribution < -0.4 is 15.4 Å². The fraction of sp³-hybridized carbons (Fsp3) is 0.733. The van der Waals surface area contributed by atoms with Crippen LogP contribution in [0.2, 0.25) is 0 Å². The molecule has 0 aromatic carbocycles. The molecule has 2 heterocycles. The van der Waals surface area contributed by atoms with Crippen molar-refractivity contribution in [2.45, 2.75) is 39.0 Å². The van der Waals surface area contributed by atoms with E-state index in [0.29, 0.717) is 37.3 Å². The van der Waals surface area contributed by atoms with Gasteiger partial charge in [-0.3, -0.25) is 0 Å². The van der Waals surface area contributed by atoms with Gasteiger partial charge in [0, 0.05) is 25.7 Å². The molecular formula is C15H26N4O3. The zero-order valence-electron chi connectivity index (χ0n) is 13.5. The summed E-state index contributed by atoms with van der Waals surface area (Å²) in [5.74, 6) is 0.433. The summed E-state index contributed by atoms with van der Waals surface area (Å²) in [5, 5.41) is 16.4. The number of aliphatic hydroxyl groups excluding tert-OH is 1. The van der Waals surface area contributed by atoms with Gasteiger partial charge >= 0.3 is 0 Å². The number of nitrogens with one attached hydrogen (secondary N) is 2. The molecule has 1 saturated heterocycles. The Morgan fingerprint density at radius 3 is 3.05 bits per heavy atom. The van der Waals surface area contributed by atoms with Crippen molar-refractivity contribution in [1.29, 1.82) is 0 Å². The molecule has 0 saturated carbocycles. The Bertz CT molecular complexity index is 464. The Hall–Kier alpha value is -1.28. The van der Waals surface area contributed by atoms with Crippen LogP contribution >= 0.6 is 0 Å². The van der Waals surface area contributed by atoms with E-state index in [1.54, 1.807) is 6.20 Å². The molecule has 1 aromatic heterocycles. The van der Waals surface area contributed by atoms with E-state index >= 15 is 0 Å². The molecule has 0 bridgehead atoms. The Morgan fingerprint density at radius 2 is 2.36 bits per heavy atom. The molecule has 0 radical (unpaired) electrons. The van der Waals surface area contributed by atoms with Gasteiger partial charge in [-0.1, -0.05) is 13.8 Å². The van der Waals surface area contributed by atoms with Crippen LogP contribution in [0.4, 0.5) is 0 Å². The van der Waals surface area contributed by atoms with Crippen molar-refractivity contribution in [3.63, 3.8) is 0 Å². The van der Waals surface area contributed by atoms with Gasteiger partial charge in [0.25, 0.3) is 0 Å². The van der Waals surface area contributed by atoms with Crippen LogP contribution in [0.5, 0.6) is 5.88 Å². The van der Waals surface area contributed by atoms with E-state index in [0.717, 1.165) is 12.2 Å². The first-order valence-corrected chi connectivity index (χ1v) is 7.76. The third-order valence-electron chi connectivity index (χ3n) is 3.29. The number of ether oxygens (including phenoxy) is 2.